The highest BCUT2D eigenvalue weighted by atomic mass is 16.5. The van der Waals surface area contributed by atoms with Gasteiger partial charge in [-0.25, -0.2) is 0 Å². The summed E-state index contributed by atoms with van der Waals surface area (Å²) >= 11 is 0. The topological polar surface area (TPSA) is 95.9 Å². The Hall–Kier alpha value is -1.92. The number of hydrogen-bond donors (Lipinski definition) is 3. The third-order valence-corrected chi connectivity index (χ3v) is 12.9. The fourth-order valence-electron chi connectivity index (χ4n) is 8.50. The van der Waals surface area contributed by atoms with E-state index in [1.165, 1.54) is 225 Å². The molecular formula is C58H109NO5. The largest absolute Gasteiger partial charge is 0.466 e. The molecule has 0 aromatic carbocycles. The number of aliphatic hydroxyl groups is 2. The summed E-state index contributed by atoms with van der Waals surface area (Å²) in [6, 6.07) is -0.629. The van der Waals surface area contributed by atoms with E-state index in [0.717, 1.165) is 44.9 Å². The Labute approximate surface area is 398 Å². The average Bonchev–Trinajstić information content (AvgIpc) is 3.29. The van der Waals surface area contributed by atoms with Crippen LogP contribution in [0, 0.1) is 0 Å². The van der Waals surface area contributed by atoms with Crippen LogP contribution in [0.4, 0.5) is 0 Å². The normalized spacial score (nSPS) is 12.9. The summed E-state index contributed by atoms with van der Waals surface area (Å²) in [5, 5.41) is 23.0. The third-order valence-electron chi connectivity index (χ3n) is 12.9. The van der Waals surface area contributed by atoms with Crippen molar-refractivity contribution in [1.82, 2.24) is 5.32 Å². The Balaban J connectivity index is 3.41. The Morgan fingerprint density at radius 3 is 1.12 bits per heavy atom. The molecule has 2 atom stereocenters. The number of amides is 1. The molecule has 0 aromatic rings. The first-order valence-corrected chi connectivity index (χ1v) is 28.3. The van der Waals surface area contributed by atoms with E-state index in [9.17, 15) is 19.8 Å². The molecule has 3 N–H and O–H groups in total. The van der Waals surface area contributed by atoms with Gasteiger partial charge in [-0.2, -0.15) is 0 Å². The standard InChI is InChI=1S/C58H109NO5/c1-3-5-7-9-11-13-15-28-32-36-40-44-48-52-58(63)64-53-49-45-41-37-33-30-27-25-23-21-19-17-16-18-20-22-24-26-29-31-35-39-43-47-51-57(62)59-55(54-60)56(61)50-46-42-38-34-14-12-10-8-6-4-2/h13,15,18,20,46,50,55-56,60-61H,3-12,14,16-17,19,21-45,47-49,51-54H2,1-2H3,(H,59,62)/b15-13-,20-18-,50-46+. The van der Waals surface area contributed by atoms with Crippen molar-refractivity contribution in [3.63, 3.8) is 0 Å². The summed E-state index contributed by atoms with van der Waals surface area (Å²) in [7, 11) is 0. The van der Waals surface area contributed by atoms with E-state index in [2.05, 4.69) is 43.5 Å². The number of carbonyl (C=O) groups is 2. The summed E-state index contributed by atoms with van der Waals surface area (Å²) in [5.41, 5.74) is 0. The number of rotatable bonds is 52. The van der Waals surface area contributed by atoms with Gasteiger partial charge in [-0.3, -0.25) is 9.59 Å². The van der Waals surface area contributed by atoms with Crippen molar-refractivity contribution < 1.29 is 24.5 Å². The molecule has 0 aliphatic carbocycles. The maximum atomic E-state index is 12.4. The molecule has 1 amide bonds. The molecule has 0 heterocycles. The van der Waals surface area contributed by atoms with E-state index >= 15 is 0 Å². The summed E-state index contributed by atoms with van der Waals surface area (Å²) in [6.45, 7) is 4.86. The minimum Gasteiger partial charge on any atom is -0.466 e. The molecular weight excluding hydrogens is 791 g/mol. The predicted molar refractivity (Wildman–Crippen MR) is 278 cm³/mol. The minimum absolute atomic E-state index is 0.00222. The van der Waals surface area contributed by atoms with E-state index in [1.807, 2.05) is 6.08 Å². The van der Waals surface area contributed by atoms with E-state index in [0.29, 0.717) is 19.4 Å². The van der Waals surface area contributed by atoms with Gasteiger partial charge in [0.1, 0.15) is 0 Å². The number of nitrogens with one attached hydrogen (secondary N) is 1. The van der Waals surface area contributed by atoms with Crippen LogP contribution < -0.4 is 5.32 Å². The second-order valence-corrected chi connectivity index (χ2v) is 19.3. The van der Waals surface area contributed by atoms with Gasteiger partial charge in [-0.1, -0.05) is 237 Å². The van der Waals surface area contributed by atoms with Crippen LogP contribution in [0.3, 0.4) is 0 Å². The Morgan fingerprint density at radius 2 is 0.734 bits per heavy atom. The van der Waals surface area contributed by atoms with Crippen LogP contribution in [0.15, 0.2) is 36.5 Å². The number of unbranched alkanes of at least 4 members (excludes halogenated alkanes) is 37. The number of esters is 1. The molecule has 0 bridgehead atoms. The highest BCUT2D eigenvalue weighted by Gasteiger charge is 2.18. The highest BCUT2D eigenvalue weighted by molar-refractivity contribution is 5.76. The molecule has 6 nitrogen and oxygen atoms in total. The minimum atomic E-state index is -0.845. The van der Waals surface area contributed by atoms with E-state index < -0.39 is 12.1 Å². The van der Waals surface area contributed by atoms with Crippen molar-refractivity contribution in [2.75, 3.05) is 13.2 Å². The molecule has 0 radical (unpaired) electrons. The van der Waals surface area contributed by atoms with Gasteiger partial charge >= 0.3 is 5.97 Å². The zero-order valence-corrected chi connectivity index (χ0v) is 42.8. The maximum absolute atomic E-state index is 12.4. The van der Waals surface area contributed by atoms with Crippen molar-refractivity contribution in [2.24, 2.45) is 0 Å². The molecule has 376 valence electrons. The number of hydrogen-bond acceptors (Lipinski definition) is 5. The smallest absolute Gasteiger partial charge is 0.305 e. The molecule has 0 fully saturated rings. The van der Waals surface area contributed by atoms with Gasteiger partial charge in [0.2, 0.25) is 5.91 Å². The summed E-state index contributed by atoms with van der Waals surface area (Å²) < 4.78 is 5.47. The van der Waals surface area contributed by atoms with Crippen LogP contribution >= 0.6 is 0 Å². The third kappa shape index (κ3) is 49.5. The van der Waals surface area contributed by atoms with Gasteiger partial charge in [0.15, 0.2) is 0 Å². The lowest BCUT2D eigenvalue weighted by molar-refractivity contribution is -0.143. The quantitative estimate of drug-likeness (QED) is 0.0321. The van der Waals surface area contributed by atoms with Crippen molar-refractivity contribution in [3.05, 3.63) is 36.5 Å². The number of ether oxygens (including phenoxy) is 1. The molecule has 0 aliphatic rings. The van der Waals surface area contributed by atoms with Crippen LogP contribution in [-0.2, 0) is 14.3 Å². The van der Waals surface area contributed by atoms with Crippen molar-refractivity contribution in [2.45, 2.75) is 309 Å². The lowest BCUT2D eigenvalue weighted by Crippen LogP contribution is -2.45. The fraction of sp³-hybridized carbons (Fsp3) is 0.862. The van der Waals surface area contributed by atoms with Crippen LogP contribution in [-0.4, -0.2) is 47.4 Å². The van der Waals surface area contributed by atoms with Crippen LogP contribution in [0.5, 0.6) is 0 Å². The molecule has 6 heteroatoms. The summed E-state index contributed by atoms with van der Waals surface area (Å²) in [4.78, 5) is 24.4. The van der Waals surface area contributed by atoms with Gasteiger partial charge in [0.05, 0.1) is 25.4 Å². The van der Waals surface area contributed by atoms with E-state index in [-0.39, 0.29) is 18.5 Å². The molecule has 0 saturated heterocycles. The summed E-state index contributed by atoms with van der Waals surface area (Å²) in [6.07, 6.45) is 66.0. The van der Waals surface area contributed by atoms with Gasteiger partial charge < -0.3 is 20.3 Å². The Bertz CT molecular complexity index is 1040. The predicted octanol–water partition coefficient (Wildman–Crippen LogP) is 17.2. The maximum Gasteiger partial charge on any atom is 0.305 e. The van der Waals surface area contributed by atoms with Crippen LogP contribution in [0.1, 0.15) is 296 Å². The molecule has 0 rings (SSSR count). The number of aliphatic hydroxyl groups excluding tert-OH is 2. The zero-order valence-electron chi connectivity index (χ0n) is 42.8. The lowest BCUT2D eigenvalue weighted by atomic mass is 10.0. The van der Waals surface area contributed by atoms with Gasteiger partial charge in [0, 0.05) is 12.8 Å². The highest BCUT2D eigenvalue weighted by Crippen LogP contribution is 2.16. The number of allylic oxidation sites excluding steroid dienone is 5. The first-order valence-electron chi connectivity index (χ1n) is 28.3. The first kappa shape index (κ1) is 62.1. The van der Waals surface area contributed by atoms with E-state index in [1.54, 1.807) is 6.08 Å². The molecule has 0 saturated carbocycles. The Kier molecular flexibility index (Phi) is 52.1. The molecule has 64 heavy (non-hydrogen) atoms. The van der Waals surface area contributed by atoms with Crippen molar-refractivity contribution >= 4 is 11.9 Å². The Morgan fingerprint density at radius 1 is 0.422 bits per heavy atom. The second kappa shape index (κ2) is 53.7. The average molecular weight is 901 g/mol. The zero-order chi connectivity index (χ0) is 46.5. The molecule has 0 aromatic heterocycles. The van der Waals surface area contributed by atoms with Crippen molar-refractivity contribution in [3.8, 4) is 0 Å². The molecule has 0 aliphatic heterocycles. The SMILES string of the molecule is CCCCCC/C=C\CCCCCCCC(=O)OCCCCCCCCCCCCCC/C=C\CCCCCCCCCCC(=O)NC(CO)C(O)/C=C/CCCCCCCCCC. The summed E-state index contributed by atoms with van der Waals surface area (Å²) in [5.74, 6) is -0.0725. The van der Waals surface area contributed by atoms with Gasteiger partial charge in [-0.15, -0.1) is 0 Å². The second-order valence-electron chi connectivity index (χ2n) is 19.3. The number of carbonyl (C=O) groups excluding carboxylic acids is 2. The van der Waals surface area contributed by atoms with Crippen LogP contribution in [0.25, 0.3) is 0 Å². The van der Waals surface area contributed by atoms with E-state index in [4.69, 9.17) is 4.74 Å². The first-order chi connectivity index (χ1) is 31.5. The van der Waals surface area contributed by atoms with Gasteiger partial charge in [-0.05, 0) is 83.5 Å². The van der Waals surface area contributed by atoms with Gasteiger partial charge in [0.25, 0.3) is 0 Å². The lowest BCUT2D eigenvalue weighted by Gasteiger charge is -2.20. The van der Waals surface area contributed by atoms with Crippen molar-refractivity contribution in [1.29, 1.82) is 0 Å². The van der Waals surface area contributed by atoms with Crippen LogP contribution in [0.2, 0.25) is 0 Å². The fourth-order valence-corrected chi connectivity index (χ4v) is 8.50. The molecule has 2 unspecified atom stereocenters. The monoisotopic (exact) mass is 900 g/mol. The molecule has 0 spiro atoms.